The Labute approximate surface area is 100 Å². The van der Waals surface area contributed by atoms with Gasteiger partial charge in [-0.1, -0.05) is 31.8 Å². The minimum Gasteiger partial charge on any atom is -0.289 e. The maximum Gasteiger partial charge on any atom is 0.0392 e. The van der Waals surface area contributed by atoms with Gasteiger partial charge >= 0.3 is 0 Å². The molecule has 2 aliphatic rings. The highest BCUT2D eigenvalue weighted by molar-refractivity contribution is 6.00. The highest BCUT2D eigenvalue weighted by atomic mass is 14.7. The second kappa shape index (κ2) is 6.88. The van der Waals surface area contributed by atoms with Crippen LogP contribution in [0.3, 0.4) is 0 Å². The molecule has 0 N–H and O–H groups in total. The Morgan fingerprint density at radius 1 is 0.750 bits per heavy atom. The zero-order valence-electron chi connectivity index (χ0n) is 10.5. The first kappa shape index (κ1) is 11.9. The molecular weight excluding hydrogens is 194 g/mol. The quantitative estimate of drug-likeness (QED) is 0.607. The lowest BCUT2D eigenvalue weighted by Gasteiger charge is -2.16. The number of nitrogens with zero attached hydrogens (tertiary/aromatic N) is 1. The van der Waals surface area contributed by atoms with Gasteiger partial charge in [0.25, 0.3) is 0 Å². The van der Waals surface area contributed by atoms with Crippen LogP contribution in [0.4, 0.5) is 0 Å². The molecule has 2 rings (SSSR count). The second-order valence-electron chi connectivity index (χ2n) is 5.17. The smallest absolute Gasteiger partial charge is 0.0392 e. The molecular formula is C15H25N. The minimum atomic E-state index is 1.08. The molecule has 0 fully saturated rings. The topological polar surface area (TPSA) is 12.4 Å². The van der Waals surface area contributed by atoms with Crippen LogP contribution in [0.15, 0.2) is 16.6 Å². The lowest BCUT2D eigenvalue weighted by Crippen LogP contribution is -2.08. The van der Waals surface area contributed by atoms with E-state index < -0.39 is 0 Å². The normalized spacial score (nSPS) is 31.0. The lowest BCUT2D eigenvalue weighted by atomic mass is 9.93. The molecule has 0 spiro atoms. The van der Waals surface area contributed by atoms with E-state index in [1.807, 2.05) is 0 Å². The molecule has 1 heterocycles. The molecule has 16 heavy (non-hydrogen) atoms. The van der Waals surface area contributed by atoms with Crippen LogP contribution in [0, 0.1) is 0 Å². The van der Waals surface area contributed by atoms with Gasteiger partial charge in [-0.05, 0) is 50.5 Å². The van der Waals surface area contributed by atoms with E-state index in [0.29, 0.717) is 0 Å². The van der Waals surface area contributed by atoms with Crippen molar-refractivity contribution in [3.8, 4) is 0 Å². The van der Waals surface area contributed by atoms with Gasteiger partial charge in [0.1, 0.15) is 0 Å². The molecule has 0 aromatic carbocycles. The van der Waals surface area contributed by atoms with Gasteiger partial charge in [0, 0.05) is 12.3 Å². The third-order valence-corrected chi connectivity index (χ3v) is 3.79. The third-order valence-electron chi connectivity index (χ3n) is 3.79. The van der Waals surface area contributed by atoms with E-state index in [1.54, 1.807) is 5.57 Å². The van der Waals surface area contributed by atoms with Crippen LogP contribution in [-0.2, 0) is 0 Å². The minimum absolute atomic E-state index is 1.08. The van der Waals surface area contributed by atoms with Crippen molar-refractivity contribution < 1.29 is 0 Å². The Kier molecular flexibility index (Phi) is 5.11. The van der Waals surface area contributed by atoms with Crippen molar-refractivity contribution in [2.75, 3.05) is 6.54 Å². The fraction of sp³-hybridized carbons (Fsp3) is 0.800. The number of hydrogen-bond donors (Lipinski definition) is 0. The van der Waals surface area contributed by atoms with Crippen LogP contribution >= 0.6 is 0 Å². The van der Waals surface area contributed by atoms with Crippen molar-refractivity contribution >= 4 is 5.71 Å². The molecule has 1 aliphatic heterocycles. The molecule has 0 saturated heterocycles. The zero-order chi connectivity index (χ0) is 11.1. The summed E-state index contributed by atoms with van der Waals surface area (Å²) in [4.78, 5) is 4.83. The average Bonchev–Trinajstić information content (AvgIpc) is 2.18. The molecule has 0 aromatic heterocycles. The van der Waals surface area contributed by atoms with Crippen LogP contribution in [0.1, 0.15) is 70.6 Å². The van der Waals surface area contributed by atoms with Crippen molar-refractivity contribution in [2.45, 2.75) is 70.6 Å². The van der Waals surface area contributed by atoms with Gasteiger partial charge in [-0.3, -0.25) is 4.99 Å². The van der Waals surface area contributed by atoms with Gasteiger partial charge in [-0.2, -0.15) is 0 Å². The summed E-state index contributed by atoms with van der Waals surface area (Å²) in [5.41, 5.74) is 3.06. The van der Waals surface area contributed by atoms with E-state index in [2.05, 4.69) is 6.08 Å². The molecule has 1 aliphatic carbocycles. The molecule has 1 nitrogen and oxygen atoms in total. The molecule has 0 atom stereocenters. The molecule has 0 radical (unpaired) electrons. The van der Waals surface area contributed by atoms with Gasteiger partial charge in [0.2, 0.25) is 0 Å². The fourth-order valence-electron chi connectivity index (χ4n) is 2.77. The highest BCUT2D eigenvalue weighted by Crippen LogP contribution is 2.21. The standard InChI is InChI=1S/C15H25N/c1-2-6-10-14(11-7-3-1)15-12-8-4-5-9-13-16-15/h10H,1-9,11-13H2/b14-10+,16-15-. The second-order valence-corrected chi connectivity index (χ2v) is 5.17. The van der Waals surface area contributed by atoms with Crippen LogP contribution in [0.5, 0.6) is 0 Å². The Morgan fingerprint density at radius 3 is 2.44 bits per heavy atom. The SMILES string of the molecule is C1=C(/C2=N\CCCCCC2)CCCCCC/1. The summed E-state index contributed by atoms with van der Waals surface area (Å²) in [5, 5.41) is 0. The van der Waals surface area contributed by atoms with Gasteiger partial charge in [-0.25, -0.2) is 0 Å². The summed E-state index contributed by atoms with van der Waals surface area (Å²) in [5.74, 6) is 0. The van der Waals surface area contributed by atoms with Crippen molar-refractivity contribution in [3.05, 3.63) is 11.6 Å². The first-order chi connectivity index (χ1) is 7.97. The molecule has 90 valence electrons. The number of rotatable bonds is 1. The molecule has 0 aromatic rings. The predicted molar refractivity (Wildman–Crippen MR) is 71.2 cm³/mol. The monoisotopic (exact) mass is 219 g/mol. The van der Waals surface area contributed by atoms with Crippen molar-refractivity contribution in [1.29, 1.82) is 0 Å². The zero-order valence-corrected chi connectivity index (χ0v) is 10.5. The Balaban J connectivity index is 2.01. The van der Waals surface area contributed by atoms with Crippen LogP contribution in [-0.4, -0.2) is 12.3 Å². The Morgan fingerprint density at radius 2 is 1.50 bits per heavy atom. The van der Waals surface area contributed by atoms with Gasteiger partial charge in [0.15, 0.2) is 0 Å². The van der Waals surface area contributed by atoms with Crippen LogP contribution < -0.4 is 0 Å². The lowest BCUT2D eigenvalue weighted by molar-refractivity contribution is 0.622. The maximum absolute atomic E-state index is 4.83. The molecule has 0 bridgehead atoms. The van der Waals surface area contributed by atoms with Gasteiger partial charge in [0.05, 0.1) is 0 Å². The fourth-order valence-corrected chi connectivity index (χ4v) is 2.77. The van der Waals surface area contributed by atoms with Crippen LogP contribution in [0.2, 0.25) is 0 Å². The summed E-state index contributed by atoms with van der Waals surface area (Å²) in [6.45, 7) is 1.08. The summed E-state index contributed by atoms with van der Waals surface area (Å²) in [7, 11) is 0. The third kappa shape index (κ3) is 3.77. The number of aliphatic imine (C=N–C) groups is 1. The van der Waals surface area contributed by atoms with E-state index in [0.717, 1.165) is 6.54 Å². The summed E-state index contributed by atoms with van der Waals surface area (Å²) in [6.07, 6.45) is 17.4. The van der Waals surface area contributed by atoms with Crippen molar-refractivity contribution in [3.63, 3.8) is 0 Å². The number of allylic oxidation sites excluding steroid dienone is 2. The van der Waals surface area contributed by atoms with Crippen molar-refractivity contribution in [2.24, 2.45) is 4.99 Å². The van der Waals surface area contributed by atoms with E-state index in [1.165, 1.54) is 76.3 Å². The van der Waals surface area contributed by atoms with E-state index in [4.69, 9.17) is 4.99 Å². The predicted octanol–water partition coefficient (Wildman–Crippen LogP) is 4.67. The highest BCUT2D eigenvalue weighted by Gasteiger charge is 2.10. The summed E-state index contributed by atoms with van der Waals surface area (Å²) < 4.78 is 0. The summed E-state index contributed by atoms with van der Waals surface area (Å²) >= 11 is 0. The molecule has 0 amide bonds. The van der Waals surface area contributed by atoms with Gasteiger partial charge in [-0.15, -0.1) is 0 Å². The summed E-state index contributed by atoms with van der Waals surface area (Å²) in [6, 6.07) is 0. The maximum atomic E-state index is 4.83. The molecule has 1 heteroatoms. The van der Waals surface area contributed by atoms with Crippen LogP contribution in [0.25, 0.3) is 0 Å². The van der Waals surface area contributed by atoms with E-state index >= 15 is 0 Å². The first-order valence-corrected chi connectivity index (χ1v) is 7.19. The largest absolute Gasteiger partial charge is 0.289 e. The Bertz CT molecular complexity index is 235. The number of hydrogen-bond acceptors (Lipinski definition) is 1. The molecule has 0 unspecified atom stereocenters. The Hall–Kier alpha value is -0.590. The van der Waals surface area contributed by atoms with E-state index in [9.17, 15) is 0 Å². The van der Waals surface area contributed by atoms with E-state index in [-0.39, 0.29) is 0 Å². The first-order valence-electron chi connectivity index (χ1n) is 7.19. The molecule has 0 saturated carbocycles. The average molecular weight is 219 g/mol. The van der Waals surface area contributed by atoms with Gasteiger partial charge < -0.3 is 0 Å². The van der Waals surface area contributed by atoms with Crippen molar-refractivity contribution in [1.82, 2.24) is 0 Å².